The number of nitrogens with one attached hydrogen (secondary N) is 1. The van der Waals surface area contributed by atoms with Gasteiger partial charge in [-0.2, -0.15) is 0 Å². The van der Waals surface area contributed by atoms with Crippen molar-refractivity contribution in [1.29, 1.82) is 0 Å². The number of phosphoric ester groups is 1. The Morgan fingerprint density at radius 1 is 0.791 bits per heavy atom. The number of phosphoric acid groups is 1. The third-order valence-electron chi connectivity index (χ3n) is 6.99. The van der Waals surface area contributed by atoms with Crippen LogP contribution in [0.5, 0.6) is 0 Å². The summed E-state index contributed by atoms with van der Waals surface area (Å²) >= 11 is 0. The smallest absolute Gasteiger partial charge is 0.393 e. The van der Waals surface area contributed by atoms with Crippen LogP contribution in [0.3, 0.4) is 0 Å². The minimum Gasteiger partial charge on any atom is -0.393 e. The number of nitrogens with two attached hydrogens (primary N) is 1. The average molecular weight is 631 g/mol. The molecule has 0 saturated heterocycles. The molecule has 0 radical (unpaired) electrons. The molecule has 0 aliphatic heterocycles. The third kappa shape index (κ3) is 27.9. The zero-order valence-corrected chi connectivity index (χ0v) is 27.9. The minimum atomic E-state index is -4.39. The van der Waals surface area contributed by atoms with Crippen molar-refractivity contribution < 1.29 is 33.5 Å². The van der Waals surface area contributed by atoms with Crippen LogP contribution in [0.15, 0.2) is 36.5 Å². The number of amides is 1. The Balaban J connectivity index is 4.63. The SMILES string of the molecule is CCCCC/C=C\CCCCCC(O)CC(=O)NC(COP(=O)(O)OCCN)C(O)/C=C/CC/C=C/CCCCCCC. The molecule has 0 heterocycles. The van der Waals surface area contributed by atoms with E-state index in [1.54, 1.807) is 6.08 Å². The van der Waals surface area contributed by atoms with E-state index in [4.69, 9.17) is 14.8 Å². The number of aliphatic hydroxyl groups is 2. The second-order valence-electron chi connectivity index (χ2n) is 11.2. The molecule has 0 aromatic carbocycles. The van der Waals surface area contributed by atoms with Crippen LogP contribution < -0.4 is 11.1 Å². The molecule has 0 aromatic rings. The summed E-state index contributed by atoms with van der Waals surface area (Å²) in [5.74, 6) is -0.471. The highest BCUT2D eigenvalue weighted by molar-refractivity contribution is 7.47. The van der Waals surface area contributed by atoms with Crippen LogP contribution in [0, 0.1) is 0 Å². The van der Waals surface area contributed by atoms with Gasteiger partial charge < -0.3 is 26.2 Å². The van der Waals surface area contributed by atoms with Crippen molar-refractivity contribution in [3.05, 3.63) is 36.5 Å². The van der Waals surface area contributed by atoms with E-state index in [0.717, 1.165) is 44.9 Å². The molecule has 0 bridgehead atoms. The van der Waals surface area contributed by atoms with E-state index in [0.29, 0.717) is 12.8 Å². The van der Waals surface area contributed by atoms with Gasteiger partial charge in [0.2, 0.25) is 5.91 Å². The van der Waals surface area contributed by atoms with Crippen molar-refractivity contribution in [2.75, 3.05) is 19.8 Å². The van der Waals surface area contributed by atoms with E-state index in [-0.39, 0.29) is 19.6 Å². The number of aliphatic hydroxyl groups excluding tert-OH is 2. The Labute approximate surface area is 262 Å². The van der Waals surface area contributed by atoms with Gasteiger partial charge in [-0.1, -0.05) is 102 Å². The van der Waals surface area contributed by atoms with Crippen LogP contribution in [0.25, 0.3) is 0 Å². The van der Waals surface area contributed by atoms with Crippen LogP contribution in [0.1, 0.15) is 129 Å². The number of hydrogen-bond donors (Lipinski definition) is 5. The summed E-state index contributed by atoms with van der Waals surface area (Å²) in [7, 11) is -4.39. The second-order valence-corrected chi connectivity index (χ2v) is 12.6. The van der Waals surface area contributed by atoms with Gasteiger partial charge in [-0.3, -0.25) is 13.8 Å². The number of unbranched alkanes of at least 4 members (excludes halogenated alkanes) is 12. The fraction of sp³-hybridized carbons (Fsp3) is 0.788. The lowest BCUT2D eigenvalue weighted by Crippen LogP contribution is -2.46. The third-order valence-corrected chi connectivity index (χ3v) is 7.98. The predicted octanol–water partition coefficient (Wildman–Crippen LogP) is 7.02. The maximum Gasteiger partial charge on any atom is 0.472 e. The maximum absolute atomic E-state index is 12.6. The van der Waals surface area contributed by atoms with E-state index < -0.39 is 38.6 Å². The highest BCUT2D eigenvalue weighted by Crippen LogP contribution is 2.43. The van der Waals surface area contributed by atoms with Crippen molar-refractivity contribution in [3.63, 3.8) is 0 Å². The summed E-state index contributed by atoms with van der Waals surface area (Å²) in [6.45, 7) is 3.83. The van der Waals surface area contributed by atoms with E-state index in [2.05, 4.69) is 43.5 Å². The summed E-state index contributed by atoms with van der Waals surface area (Å²) < 4.78 is 21.8. The quantitative estimate of drug-likeness (QED) is 0.0323. The molecule has 9 nitrogen and oxygen atoms in total. The molecule has 0 fully saturated rings. The second kappa shape index (κ2) is 29.4. The van der Waals surface area contributed by atoms with Crippen LogP contribution in [-0.2, 0) is 18.4 Å². The number of hydrogen-bond acceptors (Lipinski definition) is 7. The fourth-order valence-electron chi connectivity index (χ4n) is 4.42. The van der Waals surface area contributed by atoms with Crippen molar-refractivity contribution in [1.82, 2.24) is 5.32 Å². The summed E-state index contributed by atoms with van der Waals surface area (Å²) in [6, 6.07) is -0.999. The van der Waals surface area contributed by atoms with Gasteiger partial charge >= 0.3 is 7.82 Å². The molecule has 0 rings (SSSR count). The zero-order chi connectivity index (χ0) is 32.0. The van der Waals surface area contributed by atoms with Gasteiger partial charge in [-0.15, -0.1) is 0 Å². The van der Waals surface area contributed by atoms with Crippen molar-refractivity contribution in [3.8, 4) is 0 Å². The molecule has 0 aliphatic carbocycles. The fourth-order valence-corrected chi connectivity index (χ4v) is 5.18. The van der Waals surface area contributed by atoms with Crippen LogP contribution >= 0.6 is 7.82 Å². The minimum absolute atomic E-state index is 0.0420. The summed E-state index contributed by atoms with van der Waals surface area (Å²) in [5.41, 5.74) is 5.32. The molecule has 0 spiro atoms. The van der Waals surface area contributed by atoms with E-state index in [9.17, 15) is 24.5 Å². The molecule has 252 valence electrons. The van der Waals surface area contributed by atoms with E-state index >= 15 is 0 Å². The van der Waals surface area contributed by atoms with Crippen molar-refractivity contribution in [2.45, 2.75) is 148 Å². The Kier molecular flexibility index (Phi) is 28.5. The average Bonchev–Trinajstić information content (AvgIpc) is 2.97. The Morgan fingerprint density at radius 2 is 1.33 bits per heavy atom. The monoisotopic (exact) mass is 630 g/mol. The van der Waals surface area contributed by atoms with Gasteiger partial charge in [0.1, 0.15) is 0 Å². The molecule has 1 amide bonds. The molecular weight excluding hydrogens is 567 g/mol. The van der Waals surface area contributed by atoms with Gasteiger partial charge in [-0.25, -0.2) is 4.57 Å². The predicted molar refractivity (Wildman–Crippen MR) is 177 cm³/mol. The van der Waals surface area contributed by atoms with Crippen LogP contribution in [-0.4, -0.2) is 59.0 Å². The molecule has 0 saturated carbocycles. The molecule has 0 aliphatic rings. The first-order valence-corrected chi connectivity index (χ1v) is 18.2. The number of allylic oxidation sites excluding steroid dienone is 5. The van der Waals surface area contributed by atoms with Gasteiger partial charge in [0, 0.05) is 6.54 Å². The zero-order valence-electron chi connectivity index (χ0n) is 27.0. The van der Waals surface area contributed by atoms with Gasteiger partial charge in [0.05, 0.1) is 37.9 Å². The van der Waals surface area contributed by atoms with E-state index in [1.165, 1.54) is 51.4 Å². The van der Waals surface area contributed by atoms with Crippen molar-refractivity contribution in [2.24, 2.45) is 5.73 Å². The summed E-state index contributed by atoms with van der Waals surface area (Å²) in [6.07, 6.45) is 28.1. The molecule has 0 aromatic heterocycles. The number of carbonyl (C=O) groups is 1. The molecule has 10 heteroatoms. The van der Waals surface area contributed by atoms with Crippen LogP contribution in [0.2, 0.25) is 0 Å². The Hall–Kier alpha value is -1.32. The lowest BCUT2D eigenvalue weighted by atomic mass is 10.1. The first kappa shape index (κ1) is 41.7. The Morgan fingerprint density at radius 3 is 1.95 bits per heavy atom. The highest BCUT2D eigenvalue weighted by Gasteiger charge is 2.27. The summed E-state index contributed by atoms with van der Waals surface area (Å²) in [4.78, 5) is 22.5. The van der Waals surface area contributed by atoms with E-state index in [1.807, 2.05) is 6.08 Å². The lowest BCUT2D eigenvalue weighted by Gasteiger charge is -2.24. The maximum atomic E-state index is 12.6. The molecule has 6 N–H and O–H groups in total. The normalized spacial score (nSPS) is 15.8. The lowest BCUT2D eigenvalue weighted by molar-refractivity contribution is -0.124. The Bertz CT molecular complexity index is 791. The van der Waals surface area contributed by atoms with Crippen molar-refractivity contribution >= 4 is 13.7 Å². The highest BCUT2D eigenvalue weighted by atomic mass is 31.2. The number of carbonyl (C=O) groups excluding carboxylic acids is 1. The first-order valence-electron chi connectivity index (χ1n) is 16.7. The number of rotatable bonds is 30. The summed E-state index contributed by atoms with van der Waals surface area (Å²) in [5, 5.41) is 23.7. The van der Waals surface area contributed by atoms with Gasteiger partial charge in [0.15, 0.2) is 0 Å². The van der Waals surface area contributed by atoms with Crippen LogP contribution in [0.4, 0.5) is 0 Å². The largest absolute Gasteiger partial charge is 0.472 e. The molecule has 4 atom stereocenters. The topological polar surface area (TPSA) is 151 Å². The first-order chi connectivity index (χ1) is 20.8. The van der Waals surface area contributed by atoms with Gasteiger partial charge in [0.25, 0.3) is 0 Å². The standard InChI is InChI=1S/C33H63N2O7P/c1-3-5-7-9-11-13-15-17-19-21-23-25-32(37)31(29-42-43(39,40)41-27-26-34)35-33(38)28-30(36)24-22-20-18-16-14-12-10-8-6-4-2/h12,14-15,17,23,25,30-32,36-37H,3-11,13,16,18-22,24,26-29,34H2,1-2H3,(H,35,38)(H,39,40)/b14-12-,17-15+,25-23+. The van der Waals surface area contributed by atoms with Gasteiger partial charge in [-0.05, 0) is 57.8 Å². The molecule has 43 heavy (non-hydrogen) atoms. The molecular formula is C33H63N2O7P. The molecule has 4 unspecified atom stereocenters.